The number of nitrogens with one attached hydrogen (secondary N) is 1. The Balaban J connectivity index is 1.74. The highest BCUT2D eigenvalue weighted by Crippen LogP contribution is 2.27. The molecule has 9 nitrogen and oxygen atoms in total. The van der Waals surface area contributed by atoms with Crippen molar-refractivity contribution in [1.82, 2.24) is 30.1 Å². The molecule has 0 saturated carbocycles. The van der Waals surface area contributed by atoms with Crippen LogP contribution in [-0.2, 0) is 24.4 Å². The van der Waals surface area contributed by atoms with Gasteiger partial charge in [-0.15, -0.1) is 5.10 Å². The van der Waals surface area contributed by atoms with Crippen LogP contribution in [0.15, 0.2) is 47.3 Å². The fourth-order valence-electron chi connectivity index (χ4n) is 4.69. The molecular weight excluding hydrogens is 456 g/mol. The second kappa shape index (κ2) is 11.5. The summed E-state index contributed by atoms with van der Waals surface area (Å²) in [5.74, 6) is 1.56. The summed E-state index contributed by atoms with van der Waals surface area (Å²) in [5.41, 5.74) is 4.85. The van der Waals surface area contributed by atoms with Gasteiger partial charge in [-0.05, 0) is 71.7 Å². The number of benzene rings is 2. The number of aromatic nitrogens is 5. The largest absolute Gasteiger partial charge is 0.497 e. The molecule has 4 aromatic rings. The average Bonchev–Trinajstić information content (AvgIpc) is 3.32. The molecule has 0 spiro atoms. The molecule has 0 saturated heterocycles. The van der Waals surface area contributed by atoms with Crippen LogP contribution >= 0.6 is 0 Å². The molecule has 0 bridgehead atoms. The molecule has 0 aliphatic heterocycles. The van der Waals surface area contributed by atoms with Gasteiger partial charge in [0, 0.05) is 36.7 Å². The number of aryl methyl sites for hydroxylation is 2. The van der Waals surface area contributed by atoms with Crippen molar-refractivity contribution in [2.75, 3.05) is 20.8 Å². The third kappa shape index (κ3) is 5.63. The van der Waals surface area contributed by atoms with E-state index in [0.717, 1.165) is 45.6 Å². The maximum Gasteiger partial charge on any atom is 0.252 e. The van der Waals surface area contributed by atoms with E-state index >= 15 is 0 Å². The van der Waals surface area contributed by atoms with Crippen LogP contribution in [0.25, 0.3) is 10.9 Å². The molecule has 190 valence electrons. The summed E-state index contributed by atoms with van der Waals surface area (Å²) < 4.78 is 12.4. The zero-order chi connectivity index (χ0) is 25.7. The van der Waals surface area contributed by atoms with Gasteiger partial charge < -0.3 is 14.5 Å². The zero-order valence-electron chi connectivity index (χ0n) is 21.6. The average molecular weight is 491 g/mol. The SMILES string of the molecule is CC[C@H](c1nnnn1CCOC)N(Cc1ccc(OC)cc1)Cc1cc2c(C)cc(C)cc2[nH]c1=O. The molecule has 1 N–H and O–H groups in total. The molecule has 2 heterocycles. The van der Waals surface area contributed by atoms with E-state index in [2.05, 4.69) is 45.3 Å². The van der Waals surface area contributed by atoms with Gasteiger partial charge >= 0.3 is 0 Å². The van der Waals surface area contributed by atoms with Gasteiger partial charge in [0.1, 0.15) is 5.75 Å². The topological polar surface area (TPSA) is 98.2 Å². The quantitative estimate of drug-likeness (QED) is 0.340. The van der Waals surface area contributed by atoms with Crippen LogP contribution in [0.2, 0.25) is 0 Å². The molecule has 9 heteroatoms. The van der Waals surface area contributed by atoms with Crippen LogP contribution in [0.4, 0.5) is 0 Å². The first-order chi connectivity index (χ1) is 17.4. The fourth-order valence-corrected chi connectivity index (χ4v) is 4.69. The standard InChI is InChI=1S/C27H34N6O3/c1-6-25(26-29-30-31-33(26)11-12-35-4)32(16-20-7-9-22(36-5)10-8-20)17-21-15-23-19(3)13-18(2)14-24(23)28-27(21)34/h7-10,13-15,25H,6,11-12,16-17H2,1-5H3,(H,28,34)/t25-/m1/s1. The molecule has 0 radical (unpaired) electrons. The Morgan fingerprint density at radius 3 is 2.56 bits per heavy atom. The minimum absolute atomic E-state index is 0.0824. The summed E-state index contributed by atoms with van der Waals surface area (Å²) in [5, 5.41) is 13.5. The second-order valence-electron chi connectivity index (χ2n) is 9.10. The second-order valence-corrected chi connectivity index (χ2v) is 9.10. The fraction of sp³-hybridized carbons (Fsp3) is 0.407. The van der Waals surface area contributed by atoms with E-state index in [1.807, 2.05) is 43.3 Å². The Morgan fingerprint density at radius 1 is 1.08 bits per heavy atom. The maximum atomic E-state index is 13.2. The number of nitrogens with zero attached hydrogens (tertiary/aromatic N) is 5. The molecule has 0 fully saturated rings. The van der Waals surface area contributed by atoms with Crippen LogP contribution in [0, 0.1) is 13.8 Å². The minimum atomic E-state index is -0.104. The molecule has 0 amide bonds. The van der Waals surface area contributed by atoms with E-state index in [9.17, 15) is 4.79 Å². The molecule has 1 atom stereocenters. The van der Waals surface area contributed by atoms with Gasteiger partial charge in [0.2, 0.25) is 0 Å². The van der Waals surface area contributed by atoms with Gasteiger partial charge in [-0.1, -0.05) is 25.1 Å². The van der Waals surface area contributed by atoms with Crippen LogP contribution in [0.1, 0.15) is 47.5 Å². The minimum Gasteiger partial charge on any atom is -0.497 e. The first-order valence-electron chi connectivity index (χ1n) is 12.2. The summed E-state index contributed by atoms with van der Waals surface area (Å²) in [6, 6.07) is 14.1. The van der Waals surface area contributed by atoms with Gasteiger partial charge in [0.25, 0.3) is 5.56 Å². The third-order valence-electron chi connectivity index (χ3n) is 6.50. The highest BCUT2D eigenvalue weighted by atomic mass is 16.5. The van der Waals surface area contributed by atoms with Crippen LogP contribution in [-0.4, -0.2) is 50.9 Å². The summed E-state index contributed by atoms with van der Waals surface area (Å²) in [4.78, 5) is 18.5. The number of pyridine rings is 1. The number of methoxy groups -OCH3 is 2. The van der Waals surface area contributed by atoms with E-state index in [-0.39, 0.29) is 11.6 Å². The maximum absolute atomic E-state index is 13.2. The molecule has 4 rings (SSSR count). The van der Waals surface area contributed by atoms with E-state index in [0.29, 0.717) is 31.8 Å². The summed E-state index contributed by atoms with van der Waals surface area (Å²) in [7, 11) is 3.32. The van der Waals surface area contributed by atoms with Crippen LogP contribution in [0.5, 0.6) is 5.75 Å². The molecule has 2 aromatic carbocycles. The van der Waals surface area contributed by atoms with Gasteiger partial charge in [-0.3, -0.25) is 9.69 Å². The smallest absolute Gasteiger partial charge is 0.252 e. The number of aromatic amines is 1. The number of ether oxygens (including phenoxy) is 2. The van der Waals surface area contributed by atoms with Crippen molar-refractivity contribution < 1.29 is 9.47 Å². The number of tetrazole rings is 1. The van der Waals surface area contributed by atoms with Gasteiger partial charge in [0.05, 0.1) is 26.3 Å². The monoisotopic (exact) mass is 490 g/mol. The lowest BCUT2D eigenvalue weighted by atomic mass is 10.0. The molecular formula is C27H34N6O3. The number of rotatable bonds is 11. The van der Waals surface area contributed by atoms with Gasteiger partial charge in [-0.2, -0.15) is 0 Å². The summed E-state index contributed by atoms with van der Waals surface area (Å²) >= 11 is 0. The normalized spacial score (nSPS) is 12.4. The van der Waals surface area contributed by atoms with Crippen molar-refractivity contribution in [3.8, 4) is 5.75 Å². The van der Waals surface area contributed by atoms with Gasteiger partial charge in [0.15, 0.2) is 5.82 Å². The van der Waals surface area contributed by atoms with Crippen molar-refractivity contribution >= 4 is 10.9 Å². The summed E-state index contributed by atoms with van der Waals surface area (Å²) in [6.07, 6.45) is 0.771. The predicted molar refractivity (Wildman–Crippen MR) is 139 cm³/mol. The first-order valence-corrected chi connectivity index (χ1v) is 12.2. The zero-order valence-corrected chi connectivity index (χ0v) is 21.6. The lowest BCUT2D eigenvalue weighted by molar-refractivity contribution is 0.151. The summed E-state index contributed by atoms with van der Waals surface area (Å²) in [6.45, 7) is 8.35. The van der Waals surface area contributed by atoms with Crippen molar-refractivity contribution in [2.45, 2.75) is 52.9 Å². The predicted octanol–water partition coefficient (Wildman–Crippen LogP) is 3.94. The number of hydrogen-bond acceptors (Lipinski definition) is 7. The van der Waals surface area contributed by atoms with E-state index in [4.69, 9.17) is 9.47 Å². The Bertz CT molecular complexity index is 1360. The van der Waals surface area contributed by atoms with Crippen molar-refractivity contribution in [3.63, 3.8) is 0 Å². The Kier molecular flexibility index (Phi) is 8.12. The molecule has 0 aliphatic carbocycles. The van der Waals surface area contributed by atoms with Crippen molar-refractivity contribution in [1.29, 1.82) is 0 Å². The number of hydrogen-bond donors (Lipinski definition) is 1. The molecule has 0 unspecified atom stereocenters. The molecule has 2 aromatic heterocycles. The van der Waals surface area contributed by atoms with E-state index in [1.54, 1.807) is 18.9 Å². The third-order valence-corrected chi connectivity index (χ3v) is 6.50. The molecule has 36 heavy (non-hydrogen) atoms. The Morgan fingerprint density at radius 2 is 1.86 bits per heavy atom. The Hall–Kier alpha value is -3.56. The van der Waals surface area contributed by atoms with E-state index in [1.165, 1.54) is 0 Å². The first kappa shape index (κ1) is 25.5. The lowest BCUT2D eigenvalue weighted by Crippen LogP contribution is -2.32. The number of fused-ring (bicyclic) bond motifs is 1. The molecule has 0 aliphatic rings. The lowest BCUT2D eigenvalue weighted by Gasteiger charge is -2.30. The van der Waals surface area contributed by atoms with Crippen LogP contribution in [0.3, 0.4) is 0 Å². The highest BCUT2D eigenvalue weighted by molar-refractivity contribution is 5.83. The van der Waals surface area contributed by atoms with Crippen molar-refractivity contribution in [2.24, 2.45) is 0 Å². The van der Waals surface area contributed by atoms with Crippen molar-refractivity contribution in [3.05, 3.63) is 80.9 Å². The number of H-pyrrole nitrogens is 1. The Labute approximate surface area is 211 Å². The highest BCUT2D eigenvalue weighted by Gasteiger charge is 2.26. The van der Waals surface area contributed by atoms with Gasteiger partial charge in [-0.25, -0.2) is 4.68 Å². The van der Waals surface area contributed by atoms with Crippen LogP contribution < -0.4 is 10.3 Å². The van der Waals surface area contributed by atoms with E-state index < -0.39 is 0 Å².